The molecule has 0 bridgehead atoms. The molecule has 360 valence electrons. The van der Waals surface area contributed by atoms with Gasteiger partial charge in [0.15, 0.2) is 12.4 Å². The van der Waals surface area contributed by atoms with Crippen molar-refractivity contribution in [3.63, 3.8) is 0 Å². The number of hydrogen-bond acceptors (Lipinski definition) is 13. The zero-order valence-corrected chi connectivity index (χ0v) is 38.6. The summed E-state index contributed by atoms with van der Waals surface area (Å²) in [4.78, 5) is 25.8. The minimum Gasteiger partial charge on any atom is -0.463 e. The molecule has 1 aliphatic carbocycles. The lowest BCUT2D eigenvalue weighted by Crippen LogP contribution is -2.67. The van der Waals surface area contributed by atoms with Crippen molar-refractivity contribution in [1.82, 2.24) is 0 Å². The van der Waals surface area contributed by atoms with Crippen LogP contribution in [0.2, 0.25) is 0 Å². The molecular weight excluding hydrogens is 785 g/mol. The van der Waals surface area contributed by atoms with Crippen LogP contribution in [0, 0.1) is 11.8 Å². The summed E-state index contributed by atoms with van der Waals surface area (Å²) in [5.41, 5.74) is 0. The Kier molecular flexibility index (Phi) is 30.2. The van der Waals surface area contributed by atoms with Crippen molar-refractivity contribution < 1.29 is 64.3 Å². The quantitative estimate of drug-likeness (QED) is 0.0246. The Balaban J connectivity index is 1.83. The second kappa shape index (κ2) is 33.1. The first-order valence-electron chi connectivity index (χ1n) is 24.7. The first-order chi connectivity index (χ1) is 29.3. The van der Waals surface area contributed by atoms with Crippen molar-refractivity contribution in [3.8, 4) is 0 Å². The van der Waals surface area contributed by atoms with Gasteiger partial charge in [0.25, 0.3) is 0 Å². The van der Waals surface area contributed by atoms with E-state index in [4.69, 9.17) is 18.9 Å². The van der Waals surface area contributed by atoms with Crippen LogP contribution in [0.15, 0.2) is 0 Å². The maximum absolute atomic E-state index is 13.0. The second-order valence-corrected chi connectivity index (χ2v) is 18.7. The van der Waals surface area contributed by atoms with Crippen molar-refractivity contribution in [2.45, 2.75) is 275 Å². The monoisotopic (exact) mass is 875 g/mol. The number of esters is 2. The minimum atomic E-state index is -1.89. The van der Waals surface area contributed by atoms with E-state index in [9.17, 15) is 45.3 Å². The largest absolute Gasteiger partial charge is 0.463 e. The lowest BCUT2D eigenvalue weighted by molar-refractivity contribution is -0.340. The van der Waals surface area contributed by atoms with Crippen LogP contribution in [0.4, 0.5) is 0 Å². The molecule has 61 heavy (non-hydrogen) atoms. The van der Waals surface area contributed by atoms with Gasteiger partial charge in [-0.2, -0.15) is 0 Å². The normalized spacial score (nSPS) is 29.0. The number of unbranched alkanes of at least 4 members (excludes halogenated alkanes) is 18. The fourth-order valence-electron chi connectivity index (χ4n) is 8.69. The third-order valence-electron chi connectivity index (χ3n) is 12.9. The fraction of sp³-hybridized carbons (Fsp3) is 0.958. The van der Waals surface area contributed by atoms with Gasteiger partial charge < -0.3 is 54.7 Å². The van der Waals surface area contributed by atoms with Crippen LogP contribution in [0.3, 0.4) is 0 Å². The number of rotatable bonds is 35. The van der Waals surface area contributed by atoms with Gasteiger partial charge in [0.1, 0.15) is 61.5 Å². The van der Waals surface area contributed by atoms with E-state index in [1.165, 1.54) is 109 Å². The van der Waals surface area contributed by atoms with Crippen molar-refractivity contribution >= 4 is 11.9 Å². The summed E-state index contributed by atoms with van der Waals surface area (Å²) in [5, 5.41) is 73.6. The van der Waals surface area contributed by atoms with Gasteiger partial charge in [-0.3, -0.25) is 9.59 Å². The number of hydrogen-bond donors (Lipinski definition) is 7. The van der Waals surface area contributed by atoms with Gasteiger partial charge in [-0.15, -0.1) is 0 Å². The Morgan fingerprint density at radius 3 is 1.26 bits per heavy atom. The first kappa shape index (κ1) is 55.7. The highest BCUT2D eigenvalue weighted by Gasteiger charge is 2.53. The van der Waals surface area contributed by atoms with Crippen molar-refractivity contribution in [2.24, 2.45) is 11.8 Å². The summed E-state index contributed by atoms with van der Waals surface area (Å²) >= 11 is 0. The summed E-state index contributed by atoms with van der Waals surface area (Å²) in [6.07, 6.45) is 11.1. The third kappa shape index (κ3) is 22.4. The lowest BCUT2D eigenvalue weighted by Gasteiger charge is -2.46. The van der Waals surface area contributed by atoms with Crippen molar-refractivity contribution in [3.05, 3.63) is 0 Å². The Hall–Kier alpha value is -1.42. The number of aliphatic hydroxyl groups is 7. The van der Waals surface area contributed by atoms with Gasteiger partial charge in [0.05, 0.1) is 0 Å². The number of ether oxygens (including phenoxy) is 4. The van der Waals surface area contributed by atoms with Crippen LogP contribution in [0.25, 0.3) is 0 Å². The highest BCUT2D eigenvalue weighted by Crippen LogP contribution is 2.31. The summed E-state index contributed by atoms with van der Waals surface area (Å²) in [6.45, 7) is 8.69. The van der Waals surface area contributed by atoms with Gasteiger partial charge in [-0.05, 0) is 24.7 Å². The SMILES string of the molecule is CCCCCCCCC(C)CCCCCCCC(=O)OC[C@H]1O[C@H](OC2[C@@H](O)[C@H](O)C(O)[C@H](O)[C@H]2O)[C@@H](O)[C@@H](O)[C@@H]1OC(=O)CCCCCCCC(C)CCCCCCCC. The average Bonchev–Trinajstić information content (AvgIpc) is 3.24. The molecule has 2 aliphatic rings. The van der Waals surface area contributed by atoms with Crippen LogP contribution in [0.5, 0.6) is 0 Å². The predicted molar refractivity (Wildman–Crippen MR) is 235 cm³/mol. The Labute approximate surface area is 368 Å². The van der Waals surface area contributed by atoms with Crippen LogP contribution in [-0.4, -0.2) is 122 Å². The predicted octanol–water partition coefficient (Wildman–Crippen LogP) is 7.33. The molecule has 13 atom stereocenters. The van der Waals surface area contributed by atoms with Crippen LogP contribution in [0.1, 0.15) is 207 Å². The molecule has 0 radical (unpaired) electrons. The zero-order chi connectivity index (χ0) is 45.0. The van der Waals surface area contributed by atoms with Crippen molar-refractivity contribution in [2.75, 3.05) is 6.61 Å². The molecule has 0 amide bonds. The van der Waals surface area contributed by atoms with Gasteiger partial charge >= 0.3 is 11.9 Å². The summed E-state index contributed by atoms with van der Waals surface area (Å²) in [5.74, 6) is 0.329. The summed E-state index contributed by atoms with van der Waals surface area (Å²) < 4.78 is 22.6. The van der Waals surface area contributed by atoms with E-state index < -0.39 is 85.9 Å². The fourth-order valence-corrected chi connectivity index (χ4v) is 8.69. The highest BCUT2D eigenvalue weighted by molar-refractivity contribution is 5.70. The van der Waals surface area contributed by atoms with E-state index >= 15 is 0 Å². The lowest BCUT2D eigenvalue weighted by atomic mass is 9.84. The van der Waals surface area contributed by atoms with Gasteiger partial charge in [-0.1, -0.05) is 182 Å². The molecule has 0 spiro atoms. The molecule has 2 fully saturated rings. The second-order valence-electron chi connectivity index (χ2n) is 18.7. The Bertz CT molecular complexity index is 1100. The molecule has 13 heteroatoms. The number of carbonyl (C=O) groups excluding carboxylic acids is 2. The maximum Gasteiger partial charge on any atom is 0.306 e. The van der Waals surface area contributed by atoms with Crippen molar-refractivity contribution in [1.29, 1.82) is 0 Å². The van der Waals surface area contributed by atoms with E-state index in [1.54, 1.807) is 0 Å². The molecule has 0 aromatic rings. The van der Waals surface area contributed by atoms with Crippen LogP contribution in [-0.2, 0) is 28.5 Å². The molecule has 1 saturated heterocycles. The molecule has 4 unspecified atom stereocenters. The standard InChI is InChI=1S/C48H90O13/c1-5-7-9-11-15-21-27-34(3)29-23-17-13-19-25-31-37(49)58-33-36-46(44(56)45(57)48(59-36)61-47-42(54)40(52)39(51)41(53)43(47)55)60-38(50)32-26-20-14-18-24-30-35(4)28-22-16-12-10-8-6-2/h34-36,39-48,51-57H,5-33H2,1-4H3/t34?,35?,36-,39?,40-,41+,42+,43-,44-,45+,46-,47?,48-/m1/s1. The van der Waals surface area contributed by atoms with E-state index in [0.29, 0.717) is 12.8 Å². The minimum absolute atomic E-state index is 0.0801. The van der Waals surface area contributed by atoms with E-state index in [0.717, 1.165) is 56.8 Å². The van der Waals surface area contributed by atoms with E-state index in [1.807, 2.05) is 0 Å². The smallest absolute Gasteiger partial charge is 0.306 e. The van der Waals surface area contributed by atoms with Crippen LogP contribution >= 0.6 is 0 Å². The molecule has 0 aromatic carbocycles. The highest BCUT2D eigenvalue weighted by atomic mass is 16.7. The molecule has 1 heterocycles. The molecular formula is C48H90O13. The summed E-state index contributed by atoms with van der Waals surface area (Å²) in [7, 11) is 0. The van der Waals surface area contributed by atoms with Gasteiger partial charge in [-0.25, -0.2) is 0 Å². The van der Waals surface area contributed by atoms with Gasteiger partial charge in [0.2, 0.25) is 0 Å². The van der Waals surface area contributed by atoms with E-state index in [-0.39, 0.29) is 12.8 Å². The molecule has 0 aromatic heterocycles. The Morgan fingerprint density at radius 2 is 0.820 bits per heavy atom. The molecule has 2 rings (SSSR count). The number of carbonyl (C=O) groups is 2. The molecule has 1 aliphatic heterocycles. The first-order valence-corrected chi connectivity index (χ1v) is 24.7. The van der Waals surface area contributed by atoms with Crippen LogP contribution < -0.4 is 0 Å². The topological polar surface area (TPSA) is 213 Å². The molecule has 1 saturated carbocycles. The van der Waals surface area contributed by atoms with Gasteiger partial charge in [0, 0.05) is 12.8 Å². The molecule has 7 N–H and O–H groups in total. The third-order valence-corrected chi connectivity index (χ3v) is 12.9. The summed E-state index contributed by atoms with van der Waals surface area (Å²) in [6, 6.07) is 0. The number of aliphatic hydroxyl groups excluding tert-OH is 7. The average molecular weight is 875 g/mol. The zero-order valence-electron chi connectivity index (χ0n) is 38.6. The maximum atomic E-state index is 13.0. The Morgan fingerprint density at radius 1 is 0.459 bits per heavy atom. The van der Waals surface area contributed by atoms with E-state index in [2.05, 4.69) is 27.7 Å². The molecule has 13 nitrogen and oxygen atoms in total.